The lowest BCUT2D eigenvalue weighted by Crippen LogP contribution is -2.46. The molecular weight excluding hydrogens is 190 g/mol. The summed E-state index contributed by atoms with van der Waals surface area (Å²) < 4.78 is 5.73. The quantitative estimate of drug-likeness (QED) is 0.700. The van der Waals surface area contributed by atoms with E-state index in [0.29, 0.717) is 6.54 Å². The minimum atomic E-state index is -0.174. The maximum Gasteiger partial charge on any atom is 0.0748 e. The SMILES string of the molecule is CN1CCN(CCOC(C)(C)CN)CC1. The molecule has 0 atom stereocenters. The predicted octanol–water partition coefficient (Wildman–Crippen LogP) is -0.0123. The first kappa shape index (κ1) is 12.9. The molecule has 1 aliphatic rings. The van der Waals surface area contributed by atoms with Crippen molar-refractivity contribution in [1.82, 2.24) is 9.80 Å². The van der Waals surface area contributed by atoms with Gasteiger partial charge < -0.3 is 15.4 Å². The molecule has 1 heterocycles. The van der Waals surface area contributed by atoms with E-state index in [-0.39, 0.29) is 5.60 Å². The third kappa shape index (κ3) is 4.93. The zero-order chi connectivity index (χ0) is 11.3. The Bertz CT molecular complexity index is 177. The summed E-state index contributed by atoms with van der Waals surface area (Å²) in [5.74, 6) is 0. The Morgan fingerprint density at radius 2 is 1.80 bits per heavy atom. The zero-order valence-electron chi connectivity index (χ0n) is 10.3. The van der Waals surface area contributed by atoms with Crippen LogP contribution in [-0.2, 0) is 4.74 Å². The third-order valence-electron chi connectivity index (χ3n) is 2.99. The monoisotopic (exact) mass is 215 g/mol. The summed E-state index contributed by atoms with van der Waals surface area (Å²) >= 11 is 0. The Balaban J connectivity index is 2.10. The lowest BCUT2D eigenvalue weighted by Gasteiger charge is -2.33. The molecule has 0 radical (unpaired) electrons. The summed E-state index contributed by atoms with van der Waals surface area (Å²) in [5, 5.41) is 0. The van der Waals surface area contributed by atoms with Crippen LogP contribution in [0.2, 0.25) is 0 Å². The van der Waals surface area contributed by atoms with Crippen LogP contribution in [0.15, 0.2) is 0 Å². The highest BCUT2D eigenvalue weighted by molar-refractivity contribution is 4.71. The maximum absolute atomic E-state index is 5.73. The minimum Gasteiger partial charge on any atom is -0.373 e. The second-order valence-electron chi connectivity index (χ2n) is 4.96. The second kappa shape index (κ2) is 5.80. The highest BCUT2D eigenvalue weighted by Crippen LogP contribution is 2.06. The van der Waals surface area contributed by atoms with Gasteiger partial charge >= 0.3 is 0 Å². The summed E-state index contributed by atoms with van der Waals surface area (Å²) in [6, 6.07) is 0. The van der Waals surface area contributed by atoms with Crippen molar-refractivity contribution in [3.05, 3.63) is 0 Å². The Morgan fingerprint density at radius 1 is 1.20 bits per heavy atom. The zero-order valence-corrected chi connectivity index (χ0v) is 10.3. The van der Waals surface area contributed by atoms with Gasteiger partial charge in [0, 0.05) is 39.3 Å². The van der Waals surface area contributed by atoms with Gasteiger partial charge in [-0.1, -0.05) is 0 Å². The molecule has 0 amide bonds. The molecule has 1 rings (SSSR count). The van der Waals surface area contributed by atoms with E-state index in [1.807, 2.05) is 13.8 Å². The van der Waals surface area contributed by atoms with Crippen LogP contribution in [-0.4, -0.2) is 68.3 Å². The van der Waals surface area contributed by atoms with Gasteiger partial charge in [-0.2, -0.15) is 0 Å². The molecule has 90 valence electrons. The van der Waals surface area contributed by atoms with Crippen LogP contribution in [0.3, 0.4) is 0 Å². The van der Waals surface area contributed by atoms with Gasteiger partial charge in [0.25, 0.3) is 0 Å². The lowest BCUT2D eigenvalue weighted by molar-refractivity contribution is -0.0233. The molecule has 1 fully saturated rings. The van der Waals surface area contributed by atoms with Crippen LogP contribution in [0.4, 0.5) is 0 Å². The Morgan fingerprint density at radius 3 is 2.33 bits per heavy atom. The number of piperazine rings is 1. The molecule has 0 unspecified atom stereocenters. The first-order valence-corrected chi connectivity index (χ1v) is 5.78. The lowest BCUT2D eigenvalue weighted by atomic mass is 10.1. The van der Waals surface area contributed by atoms with Crippen molar-refractivity contribution in [2.75, 3.05) is 52.9 Å². The summed E-state index contributed by atoms with van der Waals surface area (Å²) in [6.07, 6.45) is 0. The van der Waals surface area contributed by atoms with Crippen molar-refractivity contribution in [3.63, 3.8) is 0 Å². The Labute approximate surface area is 93.4 Å². The second-order valence-corrected chi connectivity index (χ2v) is 4.96. The molecule has 0 aromatic carbocycles. The number of rotatable bonds is 5. The fourth-order valence-electron chi connectivity index (χ4n) is 1.58. The van der Waals surface area contributed by atoms with Gasteiger partial charge in [0.2, 0.25) is 0 Å². The summed E-state index contributed by atoms with van der Waals surface area (Å²) in [5.41, 5.74) is 5.42. The molecule has 0 aromatic rings. The normalized spacial score (nSPS) is 20.8. The van der Waals surface area contributed by atoms with E-state index in [2.05, 4.69) is 16.8 Å². The van der Waals surface area contributed by atoms with E-state index in [1.165, 1.54) is 13.1 Å². The molecule has 4 nitrogen and oxygen atoms in total. The van der Waals surface area contributed by atoms with Crippen LogP contribution in [0.25, 0.3) is 0 Å². The fraction of sp³-hybridized carbons (Fsp3) is 1.00. The van der Waals surface area contributed by atoms with E-state index < -0.39 is 0 Å². The van der Waals surface area contributed by atoms with Gasteiger partial charge in [0.15, 0.2) is 0 Å². The van der Waals surface area contributed by atoms with Crippen LogP contribution in [0, 0.1) is 0 Å². The average Bonchev–Trinajstić information content (AvgIpc) is 2.21. The number of hydrogen-bond donors (Lipinski definition) is 1. The Kier molecular flexibility index (Phi) is 4.99. The topological polar surface area (TPSA) is 41.7 Å². The van der Waals surface area contributed by atoms with E-state index in [4.69, 9.17) is 10.5 Å². The maximum atomic E-state index is 5.73. The van der Waals surface area contributed by atoms with Crippen LogP contribution in [0.1, 0.15) is 13.8 Å². The Hall–Kier alpha value is -0.160. The smallest absolute Gasteiger partial charge is 0.0748 e. The molecule has 1 aliphatic heterocycles. The van der Waals surface area contributed by atoms with Gasteiger partial charge in [0.1, 0.15) is 0 Å². The van der Waals surface area contributed by atoms with Gasteiger partial charge in [-0.3, -0.25) is 4.90 Å². The van der Waals surface area contributed by atoms with Crippen molar-refractivity contribution in [2.45, 2.75) is 19.4 Å². The fourth-order valence-corrected chi connectivity index (χ4v) is 1.58. The van der Waals surface area contributed by atoms with Crippen molar-refractivity contribution >= 4 is 0 Å². The molecule has 0 aromatic heterocycles. The van der Waals surface area contributed by atoms with Crippen LogP contribution in [0.5, 0.6) is 0 Å². The number of ether oxygens (including phenoxy) is 1. The number of likely N-dealkylation sites (N-methyl/N-ethyl adjacent to an activating group) is 1. The van der Waals surface area contributed by atoms with Crippen molar-refractivity contribution in [3.8, 4) is 0 Å². The molecule has 0 bridgehead atoms. The number of nitrogens with two attached hydrogens (primary N) is 1. The van der Waals surface area contributed by atoms with Gasteiger partial charge in [-0.25, -0.2) is 0 Å². The van der Waals surface area contributed by atoms with Crippen LogP contribution < -0.4 is 5.73 Å². The van der Waals surface area contributed by atoms with Gasteiger partial charge in [0.05, 0.1) is 12.2 Å². The summed E-state index contributed by atoms with van der Waals surface area (Å²) in [6.45, 7) is 11.1. The molecule has 0 aliphatic carbocycles. The molecule has 15 heavy (non-hydrogen) atoms. The summed E-state index contributed by atoms with van der Waals surface area (Å²) in [7, 11) is 2.17. The first-order valence-electron chi connectivity index (χ1n) is 5.78. The minimum absolute atomic E-state index is 0.174. The van der Waals surface area contributed by atoms with E-state index >= 15 is 0 Å². The van der Waals surface area contributed by atoms with Gasteiger partial charge in [-0.05, 0) is 20.9 Å². The highest BCUT2D eigenvalue weighted by Gasteiger charge is 2.17. The standard InChI is InChI=1S/C11H25N3O/c1-11(2,10-12)15-9-8-14-6-4-13(3)5-7-14/h4-10,12H2,1-3H3. The molecule has 1 saturated heterocycles. The largest absolute Gasteiger partial charge is 0.373 e. The molecular formula is C11H25N3O. The highest BCUT2D eigenvalue weighted by atomic mass is 16.5. The third-order valence-corrected chi connectivity index (χ3v) is 2.99. The van der Waals surface area contributed by atoms with Crippen molar-refractivity contribution in [2.24, 2.45) is 5.73 Å². The van der Waals surface area contributed by atoms with E-state index in [9.17, 15) is 0 Å². The first-order chi connectivity index (χ1) is 7.03. The molecule has 0 spiro atoms. The van der Waals surface area contributed by atoms with Crippen molar-refractivity contribution < 1.29 is 4.74 Å². The van der Waals surface area contributed by atoms with Crippen molar-refractivity contribution in [1.29, 1.82) is 0 Å². The predicted molar refractivity (Wildman–Crippen MR) is 63.0 cm³/mol. The van der Waals surface area contributed by atoms with E-state index in [1.54, 1.807) is 0 Å². The molecule has 2 N–H and O–H groups in total. The molecule has 4 heteroatoms. The number of hydrogen-bond acceptors (Lipinski definition) is 4. The van der Waals surface area contributed by atoms with E-state index in [0.717, 1.165) is 26.2 Å². The van der Waals surface area contributed by atoms with Gasteiger partial charge in [-0.15, -0.1) is 0 Å². The molecule has 0 saturated carbocycles. The number of nitrogens with zero attached hydrogens (tertiary/aromatic N) is 2. The average molecular weight is 215 g/mol. The summed E-state index contributed by atoms with van der Waals surface area (Å²) in [4.78, 5) is 4.81. The van der Waals surface area contributed by atoms with Crippen LogP contribution >= 0.6 is 0 Å².